The number of nitro benzene ring substituents is 1. The first-order chi connectivity index (χ1) is 17.7. The zero-order valence-electron chi connectivity index (χ0n) is 20.9. The minimum atomic E-state index is -0.942. The van der Waals surface area contributed by atoms with Gasteiger partial charge in [0, 0.05) is 11.6 Å². The zero-order valence-corrected chi connectivity index (χ0v) is 21.8. The van der Waals surface area contributed by atoms with Crippen molar-refractivity contribution in [1.29, 1.82) is 0 Å². The lowest BCUT2D eigenvalue weighted by molar-refractivity contribution is -0.385. The Morgan fingerprint density at radius 3 is 2.54 bits per heavy atom. The Balaban J connectivity index is 1.96. The lowest BCUT2D eigenvalue weighted by Crippen LogP contribution is -2.40. The van der Waals surface area contributed by atoms with Crippen LogP contribution < -0.4 is 24.4 Å². The minimum absolute atomic E-state index is 0.109. The fraction of sp³-hybridized carbons (Fsp3) is 0.269. The number of nitro groups is 1. The highest BCUT2D eigenvalue weighted by molar-refractivity contribution is 7.07. The molecule has 0 N–H and O–H groups in total. The summed E-state index contributed by atoms with van der Waals surface area (Å²) >= 11 is 1.16. The Morgan fingerprint density at radius 1 is 1.16 bits per heavy atom. The van der Waals surface area contributed by atoms with Crippen LogP contribution in [0, 0.1) is 17.0 Å². The Labute approximate surface area is 215 Å². The van der Waals surface area contributed by atoms with Gasteiger partial charge in [0.05, 0.1) is 47.6 Å². The van der Waals surface area contributed by atoms with Crippen molar-refractivity contribution >= 4 is 29.1 Å². The molecule has 2 heterocycles. The number of nitrogens with zero attached hydrogens (tertiary/aromatic N) is 3. The number of carbonyl (C=O) groups is 1. The maximum atomic E-state index is 13.7. The fourth-order valence-electron chi connectivity index (χ4n) is 4.19. The topological polar surface area (TPSA) is 122 Å². The number of ether oxygens (including phenoxy) is 3. The summed E-state index contributed by atoms with van der Waals surface area (Å²) in [5.74, 6) is 0.428. The van der Waals surface area contributed by atoms with Gasteiger partial charge in [-0.25, -0.2) is 9.79 Å². The molecule has 1 atom stereocenters. The van der Waals surface area contributed by atoms with Crippen LogP contribution in [0.2, 0.25) is 0 Å². The van der Waals surface area contributed by atoms with E-state index < -0.39 is 16.9 Å². The standard InChI is InChI=1S/C26H25N3O7S/c1-6-36-25(31)22-15(3)27-26-28(23(22)17-9-7-14(2)18(13-17)29(32)33)24(30)21(37-26)12-16-8-10-19(34-4)20(11-16)35-5/h7-13,23H,6H2,1-5H3/b21-12+/t23-/m1/s1. The van der Waals surface area contributed by atoms with Crippen LogP contribution in [-0.2, 0) is 9.53 Å². The predicted octanol–water partition coefficient (Wildman–Crippen LogP) is 3.03. The number of methoxy groups -OCH3 is 2. The fourth-order valence-corrected chi connectivity index (χ4v) is 5.24. The predicted molar refractivity (Wildman–Crippen MR) is 138 cm³/mol. The molecule has 1 aromatic heterocycles. The van der Waals surface area contributed by atoms with E-state index in [1.807, 2.05) is 0 Å². The molecule has 0 radical (unpaired) electrons. The van der Waals surface area contributed by atoms with Crippen molar-refractivity contribution in [3.8, 4) is 11.5 Å². The van der Waals surface area contributed by atoms with Crippen LogP contribution in [-0.4, -0.2) is 36.3 Å². The first-order valence-electron chi connectivity index (χ1n) is 11.4. The van der Waals surface area contributed by atoms with E-state index in [1.54, 1.807) is 57.2 Å². The summed E-state index contributed by atoms with van der Waals surface area (Å²) in [6.07, 6.45) is 1.70. The van der Waals surface area contributed by atoms with Crippen LogP contribution in [0.25, 0.3) is 6.08 Å². The molecular formula is C26H25N3O7S. The van der Waals surface area contributed by atoms with Crippen molar-refractivity contribution in [3.05, 3.63) is 94.2 Å². The molecule has 0 unspecified atom stereocenters. The number of hydrogen-bond acceptors (Lipinski definition) is 9. The van der Waals surface area contributed by atoms with Gasteiger partial charge >= 0.3 is 5.97 Å². The molecular weight excluding hydrogens is 498 g/mol. The van der Waals surface area contributed by atoms with Crippen LogP contribution in [0.5, 0.6) is 11.5 Å². The van der Waals surface area contributed by atoms with Crippen molar-refractivity contribution in [2.75, 3.05) is 20.8 Å². The maximum absolute atomic E-state index is 13.7. The Hall–Kier alpha value is -4.25. The molecule has 0 amide bonds. The van der Waals surface area contributed by atoms with Gasteiger partial charge < -0.3 is 14.2 Å². The monoisotopic (exact) mass is 523 g/mol. The van der Waals surface area contributed by atoms with E-state index in [9.17, 15) is 19.7 Å². The molecule has 4 rings (SSSR count). The molecule has 0 saturated heterocycles. The van der Waals surface area contributed by atoms with Gasteiger partial charge in [-0.1, -0.05) is 29.5 Å². The summed E-state index contributed by atoms with van der Waals surface area (Å²) in [7, 11) is 3.06. The van der Waals surface area contributed by atoms with Crippen molar-refractivity contribution in [2.45, 2.75) is 26.8 Å². The summed E-state index contributed by atoms with van der Waals surface area (Å²) in [6.45, 7) is 5.09. The van der Waals surface area contributed by atoms with E-state index in [0.29, 0.717) is 43.2 Å². The number of thiazole rings is 1. The van der Waals surface area contributed by atoms with Crippen LogP contribution >= 0.6 is 11.3 Å². The molecule has 0 fully saturated rings. The quantitative estimate of drug-likeness (QED) is 0.265. The summed E-state index contributed by atoms with van der Waals surface area (Å²) in [5, 5.41) is 11.6. The van der Waals surface area contributed by atoms with Gasteiger partial charge in [-0.15, -0.1) is 0 Å². The first kappa shape index (κ1) is 25.8. The Kier molecular flexibility index (Phi) is 7.25. The number of aryl methyl sites for hydroxylation is 1. The molecule has 1 aliphatic heterocycles. The second-order valence-corrected chi connectivity index (χ2v) is 9.23. The second kappa shape index (κ2) is 10.4. The lowest BCUT2D eigenvalue weighted by atomic mass is 9.94. The highest BCUT2D eigenvalue weighted by atomic mass is 32.1. The molecule has 11 heteroatoms. The maximum Gasteiger partial charge on any atom is 0.338 e. The van der Waals surface area contributed by atoms with Crippen molar-refractivity contribution in [2.24, 2.45) is 4.99 Å². The normalized spacial score (nSPS) is 15.2. The third kappa shape index (κ3) is 4.77. The number of esters is 1. The van der Waals surface area contributed by atoms with E-state index in [4.69, 9.17) is 14.2 Å². The van der Waals surface area contributed by atoms with Crippen molar-refractivity contribution < 1.29 is 23.9 Å². The van der Waals surface area contributed by atoms with Gasteiger partial charge in [0.1, 0.15) is 0 Å². The molecule has 1 aliphatic rings. The highest BCUT2D eigenvalue weighted by Crippen LogP contribution is 2.33. The van der Waals surface area contributed by atoms with E-state index in [0.717, 1.165) is 11.3 Å². The summed E-state index contributed by atoms with van der Waals surface area (Å²) in [6, 6.07) is 8.99. The highest BCUT2D eigenvalue weighted by Gasteiger charge is 2.34. The van der Waals surface area contributed by atoms with E-state index in [-0.39, 0.29) is 23.4 Å². The third-order valence-corrected chi connectivity index (χ3v) is 6.95. The van der Waals surface area contributed by atoms with Gasteiger partial charge in [0.25, 0.3) is 11.2 Å². The SMILES string of the molecule is CCOC(=O)C1=C(C)N=c2s/c(=C/c3ccc(OC)c(OC)c3)c(=O)n2[C@@H]1c1ccc(C)c([N+](=O)[O-])c1. The van der Waals surface area contributed by atoms with Crippen LogP contribution in [0.1, 0.15) is 36.6 Å². The number of hydrogen-bond donors (Lipinski definition) is 0. The molecule has 10 nitrogen and oxygen atoms in total. The third-order valence-electron chi connectivity index (χ3n) is 5.97. The molecule has 0 aliphatic carbocycles. The van der Waals surface area contributed by atoms with Crippen LogP contribution in [0.4, 0.5) is 5.69 Å². The number of aromatic nitrogens is 1. The molecule has 37 heavy (non-hydrogen) atoms. The number of benzene rings is 2. The first-order valence-corrected chi connectivity index (χ1v) is 12.2. The van der Waals surface area contributed by atoms with Gasteiger partial charge in [-0.2, -0.15) is 0 Å². The van der Waals surface area contributed by atoms with Gasteiger partial charge in [-0.3, -0.25) is 19.5 Å². The van der Waals surface area contributed by atoms with Gasteiger partial charge in [-0.05, 0) is 50.1 Å². The summed E-state index contributed by atoms with van der Waals surface area (Å²) in [4.78, 5) is 42.8. The number of allylic oxidation sites excluding steroid dienone is 1. The summed E-state index contributed by atoms with van der Waals surface area (Å²) in [5.41, 5.74) is 1.62. The molecule has 0 saturated carbocycles. The average Bonchev–Trinajstić information content (AvgIpc) is 3.17. The Bertz CT molecular complexity index is 1620. The number of fused-ring (bicyclic) bond motifs is 1. The summed E-state index contributed by atoms with van der Waals surface area (Å²) < 4.78 is 17.7. The average molecular weight is 524 g/mol. The molecule has 3 aromatic rings. The minimum Gasteiger partial charge on any atom is -0.493 e. The molecule has 192 valence electrons. The van der Waals surface area contributed by atoms with E-state index in [2.05, 4.69) is 4.99 Å². The van der Waals surface area contributed by atoms with E-state index >= 15 is 0 Å². The molecule has 0 bridgehead atoms. The molecule has 0 spiro atoms. The van der Waals surface area contributed by atoms with E-state index in [1.165, 1.54) is 24.9 Å². The Morgan fingerprint density at radius 2 is 1.89 bits per heavy atom. The van der Waals surface area contributed by atoms with Gasteiger partial charge in [0.15, 0.2) is 16.3 Å². The number of carbonyl (C=O) groups excluding carboxylic acids is 1. The zero-order chi connectivity index (χ0) is 26.9. The second-order valence-electron chi connectivity index (χ2n) is 8.22. The largest absolute Gasteiger partial charge is 0.493 e. The smallest absolute Gasteiger partial charge is 0.338 e. The lowest BCUT2D eigenvalue weighted by Gasteiger charge is -2.24. The molecule has 2 aromatic carbocycles. The van der Waals surface area contributed by atoms with Crippen molar-refractivity contribution in [1.82, 2.24) is 4.57 Å². The van der Waals surface area contributed by atoms with Gasteiger partial charge in [0.2, 0.25) is 0 Å². The van der Waals surface area contributed by atoms with Crippen LogP contribution in [0.3, 0.4) is 0 Å². The number of rotatable bonds is 7. The van der Waals surface area contributed by atoms with Crippen LogP contribution in [0.15, 0.2) is 57.5 Å². The van der Waals surface area contributed by atoms with Crippen molar-refractivity contribution in [3.63, 3.8) is 0 Å².